The summed E-state index contributed by atoms with van der Waals surface area (Å²) in [4.78, 5) is 11.9. The van der Waals surface area contributed by atoms with Gasteiger partial charge < -0.3 is 20.1 Å². The lowest BCUT2D eigenvalue weighted by molar-refractivity contribution is -0.114. The number of nitrogens with one attached hydrogen (secondary N) is 2. The SMILES string of the molecule is O=C(CNc1ccc(OCC2CCCO2)cc1)Nc1ccc(F)c(Cl)c1. The highest BCUT2D eigenvalue weighted by atomic mass is 35.5. The van der Waals surface area contributed by atoms with Gasteiger partial charge in [0.15, 0.2) is 0 Å². The van der Waals surface area contributed by atoms with E-state index in [1.807, 2.05) is 24.3 Å². The molecule has 2 aromatic carbocycles. The topological polar surface area (TPSA) is 59.6 Å². The first-order valence-corrected chi connectivity index (χ1v) is 8.81. The Labute approximate surface area is 156 Å². The lowest BCUT2D eigenvalue weighted by Gasteiger charge is -2.12. The molecule has 0 aromatic heterocycles. The van der Waals surface area contributed by atoms with Crippen LogP contribution in [-0.4, -0.2) is 31.8 Å². The summed E-state index contributed by atoms with van der Waals surface area (Å²) in [5, 5.41) is 5.63. The van der Waals surface area contributed by atoms with Crippen LogP contribution in [0, 0.1) is 5.82 Å². The summed E-state index contributed by atoms with van der Waals surface area (Å²) in [6, 6.07) is 11.4. The molecule has 5 nitrogen and oxygen atoms in total. The predicted octanol–water partition coefficient (Wildman–Crippen LogP) is 4.09. The minimum absolute atomic E-state index is 0.0330. The smallest absolute Gasteiger partial charge is 0.243 e. The van der Waals surface area contributed by atoms with Crippen molar-refractivity contribution >= 4 is 28.9 Å². The van der Waals surface area contributed by atoms with Gasteiger partial charge in [0, 0.05) is 18.0 Å². The van der Waals surface area contributed by atoms with Crippen molar-refractivity contribution < 1.29 is 18.7 Å². The van der Waals surface area contributed by atoms with Crippen LogP contribution in [-0.2, 0) is 9.53 Å². The van der Waals surface area contributed by atoms with Crippen LogP contribution >= 0.6 is 11.6 Å². The molecule has 2 N–H and O–H groups in total. The Bertz CT molecular complexity index is 749. The van der Waals surface area contributed by atoms with Gasteiger partial charge in [0.2, 0.25) is 5.91 Å². The summed E-state index contributed by atoms with van der Waals surface area (Å²) in [5.74, 6) is -0.0209. The Balaban J connectivity index is 1.43. The molecule has 138 valence electrons. The fourth-order valence-electron chi connectivity index (χ4n) is 2.60. The highest BCUT2D eigenvalue weighted by molar-refractivity contribution is 6.31. The van der Waals surface area contributed by atoms with E-state index >= 15 is 0 Å². The molecule has 2 aromatic rings. The van der Waals surface area contributed by atoms with Gasteiger partial charge in [-0.05, 0) is 55.3 Å². The molecule has 1 heterocycles. The molecule has 7 heteroatoms. The molecule has 3 rings (SSSR count). The Morgan fingerprint density at radius 3 is 2.69 bits per heavy atom. The van der Waals surface area contributed by atoms with Crippen LogP contribution in [0.5, 0.6) is 5.75 Å². The highest BCUT2D eigenvalue weighted by Gasteiger charge is 2.15. The fourth-order valence-corrected chi connectivity index (χ4v) is 2.78. The van der Waals surface area contributed by atoms with Gasteiger partial charge in [0.25, 0.3) is 0 Å². The van der Waals surface area contributed by atoms with Gasteiger partial charge in [-0.1, -0.05) is 11.6 Å². The van der Waals surface area contributed by atoms with Crippen LogP contribution in [0.2, 0.25) is 5.02 Å². The van der Waals surface area contributed by atoms with Gasteiger partial charge in [-0.15, -0.1) is 0 Å². The van der Waals surface area contributed by atoms with E-state index in [0.29, 0.717) is 12.3 Å². The van der Waals surface area contributed by atoms with Crippen LogP contribution in [0.15, 0.2) is 42.5 Å². The summed E-state index contributed by atoms with van der Waals surface area (Å²) >= 11 is 5.69. The summed E-state index contributed by atoms with van der Waals surface area (Å²) in [6.07, 6.45) is 2.30. The normalized spacial score (nSPS) is 16.3. The van der Waals surface area contributed by atoms with Gasteiger partial charge in [-0.25, -0.2) is 4.39 Å². The molecule has 1 unspecified atom stereocenters. The number of benzene rings is 2. The number of halogens is 2. The van der Waals surface area contributed by atoms with Gasteiger partial charge in [0.05, 0.1) is 17.7 Å². The second kappa shape index (κ2) is 8.87. The molecule has 1 fully saturated rings. The number of carbonyl (C=O) groups is 1. The van der Waals surface area contributed by atoms with Crippen molar-refractivity contribution in [3.05, 3.63) is 53.3 Å². The van der Waals surface area contributed by atoms with E-state index in [9.17, 15) is 9.18 Å². The number of ether oxygens (including phenoxy) is 2. The molecule has 26 heavy (non-hydrogen) atoms. The zero-order chi connectivity index (χ0) is 18.4. The molecule has 1 saturated heterocycles. The van der Waals surface area contributed by atoms with E-state index < -0.39 is 5.82 Å². The third kappa shape index (κ3) is 5.34. The van der Waals surface area contributed by atoms with Crippen molar-refractivity contribution in [2.45, 2.75) is 18.9 Å². The summed E-state index contributed by atoms with van der Waals surface area (Å²) in [6.45, 7) is 1.43. The maximum atomic E-state index is 13.1. The second-order valence-corrected chi connectivity index (χ2v) is 6.41. The van der Waals surface area contributed by atoms with Crippen LogP contribution in [0.3, 0.4) is 0 Å². The molecule has 0 aliphatic carbocycles. The Hall–Kier alpha value is -2.31. The summed E-state index contributed by atoms with van der Waals surface area (Å²) in [5.41, 5.74) is 1.24. The highest BCUT2D eigenvalue weighted by Crippen LogP contribution is 2.20. The van der Waals surface area contributed by atoms with Crippen LogP contribution in [0.1, 0.15) is 12.8 Å². The van der Waals surface area contributed by atoms with Crippen molar-refractivity contribution in [2.75, 3.05) is 30.4 Å². The quantitative estimate of drug-likeness (QED) is 0.762. The van der Waals surface area contributed by atoms with Gasteiger partial charge in [-0.3, -0.25) is 4.79 Å². The van der Waals surface area contributed by atoms with E-state index in [-0.39, 0.29) is 23.6 Å². The lowest BCUT2D eigenvalue weighted by atomic mass is 10.2. The van der Waals surface area contributed by atoms with Gasteiger partial charge in [-0.2, -0.15) is 0 Å². The van der Waals surface area contributed by atoms with Crippen molar-refractivity contribution in [1.29, 1.82) is 0 Å². The molecule has 0 radical (unpaired) electrons. The third-order valence-corrected chi connectivity index (χ3v) is 4.26. The predicted molar refractivity (Wildman–Crippen MR) is 99.4 cm³/mol. The molecule has 0 spiro atoms. The zero-order valence-electron chi connectivity index (χ0n) is 14.1. The van der Waals surface area contributed by atoms with Crippen LogP contribution in [0.25, 0.3) is 0 Å². The summed E-state index contributed by atoms with van der Waals surface area (Å²) in [7, 11) is 0. The Kier molecular flexibility index (Phi) is 6.30. The second-order valence-electron chi connectivity index (χ2n) is 6.00. The fraction of sp³-hybridized carbons (Fsp3) is 0.316. The molecular formula is C19H20ClFN2O3. The molecule has 1 aliphatic rings. The maximum absolute atomic E-state index is 13.1. The van der Waals surface area contributed by atoms with Gasteiger partial charge in [0.1, 0.15) is 18.2 Å². The number of anilines is 2. The van der Waals surface area contributed by atoms with Crippen LogP contribution < -0.4 is 15.4 Å². The first kappa shape index (κ1) is 18.5. The first-order valence-electron chi connectivity index (χ1n) is 8.43. The van der Waals surface area contributed by atoms with E-state index in [2.05, 4.69) is 10.6 Å². The molecule has 1 atom stereocenters. The van der Waals surface area contributed by atoms with E-state index in [4.69, 9.17) is 21.1 Å². The van der Waals surface area contributed by atoms with E-state index in [1.165, 1.54) is 18.2 Å². The standard InChI is InChI=1S/C19H20ClFN2O3/c20-17-10-14(5-8-18(17)21)23-19(24)11-22-13-3-6-15(7-4-13)26-12-16-2-1-9-25-16/h3-8,10,16,22H,1-2,9,11-12H2,(H,23,24). The average molecular weight is 379 g/mol. The Morgan fingerprint density at radius 1 is 1.23 bits per heavy atom. The number of rotatable bonds is 7. The monoisotopic (exact) mass is 378 g/mol. The van der Waals surface area contributed by atoms with Crippen LogP contribution in [0.4, 0.5) is 15.8 Å². The molecule has 1 amide bonds. The van der Waals surface area contributed by atoms with E-state index in [0.717, 1.165) is 30.9 Å². The average Bonchev–Trinajstić information content (AvgIpc) is 3.16. The number of hydrogen-bond acceptors (Lipinski definition) is 4. The van der Waals surface area contributed by atoms with Crippen molar-refractivity contribution in [1.82, 2.24) is 0 Å². The minimum Gasteiger partial charge on any atom is -0.491 e. The largest absolute Gasteiger partial charge is 0.491 e. The molecule has 1 aliphatic heterocycles. The maximum Gasteiger partial charge on any atom is 0.243 e. The molecule has 0 bridgehead atoms. The van der Waals surface area contributed by atoms with Crippen molar-refractivity contribution in [2.24, 2.45) is 0 Å². The molecular weight excluding hydrogens is 359 g/mol. The van der Waals surface area contributed by atoms with Gasteiger partial charge >= 0.3 is 0 Å². The third-order valence-electron chi connectivity index (χ3n) is 3.97. The lowest BCUT2D eigenvalue weighted by Crippen LogP contribution is -2.21. The Morgan fingerprint density at radius 2 is 2.00 bits per heavy atom. The van der Waals surface area contributed by atoms with Crippen molar-refractivity contribution in [3.8, 4) is 5.75 Å². The first-order chi connectivity index (χ1) is 12.6. The number of amides is 1. The zero-order valence-corrected chi connectivity index (χ0v) is 14.9. The molecule has 0 saturated carbocycles. The number of hydrogen-bond donors (Lipinski definition) is 2. The number of carbonyl (C=O) groups excluding carboxylic acids is 1. The summed E-state index contributed by atoms with van der Waals surface area (Å²) < 4.78 is 24.3. The van der Waals surface area contributed by atoms with E-state index in [1.54, 1.807) is 0 Å². The minimum atomic E-state index is -0.524. The van der Waals surface area contributed by atoms with Crippen molar-refractivity contribution in [3.63, 3.8) is 0 Å².